The lowest BCUT2D eigenvalue weighted by atomic mass is 9.87. The van der Waals surface area contributed by atoms with Crippen molar-refractivity contribution in [2.24, 2.45) is 0 Å². The third-order valence-electron chi connectivity index (χ3n) is 4.80. The third-order valence-corrected chi connectivity index (χ3v) is 5.77. The van der Waals surface area contributed by atoms with Crippen LogP contribution in [0.4, 0.5) is 5.82 Å². The summed E-state index contributed by atoms with van der Waals surface area (Å²) in [6.07, 6.45) is 1.69. The molecule has 0 fully saturated rings. The monoisotopic (exact) mass is 426 g/mol. The van der Waals surface area contributed by atoms with Crippen LogP contribution in [0.1, 0.15) is 53.1 Å². The molecule has 0 aliphatic rings. The maximum atomic E-state index is 12.4. The Morgan fingerprint density at radius 2 is 1.83 bits per heavy atom. The number of amides is 1. The first-order valence-electron chi connectivity index (χ1n) is 10.2. The second kappa shape index (κ2) is 9.04. The molecule has 8 heteroatoms. The molecule has 0 unspecified atom stereocenters. The number of hydrogen-bond acceptors (Lipinski definition) is 5. The van der Waals surface area contributed by atoms with Gasteiger partial charge in [-0.05, 0) is 31.7 Å². The van der Waals surface area contributed by atoms with Gasteiger partial charge in [-0.25, -0.2) is 4.68 Å². The highest BCUT2D eigenvalue weighted by Gasteiger charge is 2.17. The van der Waals surface area contributed by atoms with Crippen molar-refractivity contribution < 1.29 is 4.79 Å². The summed E-state index contributed by atoms with van der Waals surface area (Å²) in [4.78, 5) is 12.4. The average Bonchev–Trinajstić information content (AvgIpc) is 3.32. The zero-order chi connectivity index (χ0) is 21.9. The Morgan fingerprint density at radius 1 is 1.13 bits per heavy atom. The fraction of sp³-hybridized carbons (Fsp3) is 0.455. The molecule has 160 valence electrons. The van der Waals surface area contributed by atoms with E-state index in [-0.39, 0.29) is 23.1 Å². The maximum absolute atomic E-state index is 12.4. The Balaban J connectivity index is 1.70. The van der Waals surface area contributed by atoms with Gasteiger partial charge in [-0.1, -0.05) is 56.8 Å². The average molecular weight is 427 g/mol. The van der Waals surface area contributed by atoms with E-state index in [1.54, 1.807) is 16.9 Å². The van der Waals surface area contributed by atoms with E-state index in [0.717, 1.165) is 23.1 Å². The largest absolute Gasteiger partial charge is 0.310 e. The second-order valence-electron chi connectivity index (χ2n) is 8.47. The minimum absolute atomic E-state index is 0.0934. The number of aromatic nitrogens is 5. The van der Waals surface area contributed by atoms with E-state index >= 15 is 0 Å². The Kier molecular flexibility index (Phi) is 6.65. The topological polar surface area (TPSA) is 77.6 Å². The van der Waals surface area contributed by atoms with Crippen molar-refractivity contribution >= 4 is 23.5 Å². The number of carbonyl (C=O) groups is 1. The molecule has 0 radical (unpaired) electrons. The highest BCUT2D eigenvalue weighted by atomic mass is 32.2. The van der Waals surface area contributed by atoms with Crippen molar-refractivity contribution in [3.63, 3.8) is 0 Å². The molecule has 1 aromatic carbocycles. The maximum Gasteiger partial charge on any atom is 0.235 e. The molecule has 3 aromatic rings. The summed E-state index contributed by atoms with van der Waals surface area (Å²) in [6, 6.07) is 10.4. The number of hydrogen-bond donors (Lipinski definition) is 1. The molecule has 0 atom stereocenters. The molecular weight excluding hydrogens is 396 g/mol. The minimum atomic E-state index is -0.0934. The zero-order valence-corrected chi connectivity index (χ0v) is 19.3. The predicted octanol–water partition coefficient (Wildman–Crippen LogP) is 4.77. The van der Waals surface area contributed by atoms with Crippen molar-refractivity contribution in [1.29, 1.82) is 0 Å². The molecule has 3 rings (SSSR count). The van der Waals surface area contributed by atoms with Crippen LogP contribution in [-0.2, 0) is 16.8 Å². The van der Waals surface area contributed by atoms with Crippen molar-refractivity contribution in [3.8, 4) is 11.4 Å². The second-order valence-corrected chi connectivity index (χ2v) is 9.41. The summed E-state index contributed by atoms with van der Waals surface area (Å²) in [6.45, 7) is 13.4. The number of carbonyl (C=O) groups excluding carboxylic acids is 1. The smallest absolute Gasteiger partial charge is 0.235 e. The van der Waals surface area contributed by atoms with E-state index in [1.807, 2.05) is 18.4 Å². The van der Waals surface area contributed by atoms with Crippen molar-refractivity contribution in [1.82, 2.24) is 24.5 Å². The fourth-order valence-corrected chi connectivity index (χ4v) is 3.95. The SMILES string of the molecule is CCn1c(SCC(=O)Nc2ccnn2C(C)C)nnc1-c1ccc(C(C)(C)C)cc1. The van der Waals surface area contributed by atoms with Crippen molar-refractivity contribution in [2.45, 2.75) is 64.7 Å². The predicted molar refractivity (Wildman–Crippen MR) is 122 cm³/mol. The highest BCUT2D eigenvalue weighted by Crippen LogP contribution is 2.27. The number of benzene rings is 1. The van der Waals surface area contributed by atoms with Crippen LogP contribution in [0.25, 0.3) is 11.4 Å². The molecule has 0 spiro atoms. The number of anilines is 1. The number of thioether (sulfide) groups is 1. The Morgan fingerprint density at radius 3 is 2.43 bits per heavy atom. The summed E-state index contributed by atoms with van der Waals surface area (Å²) in [5.41, 5.74) is 2.41. The lowest BCUT2D eigenvalue weighted by Gasteiger charge is -2.19. The summed E-state index contributed by atoms with van der Waals surface area (Å²) in [7, 11) is 0. The van der Waals surface area contributed by atoms with Crippen LogP contribution >= 0.6 is 11.8 Å². The minimum Gasteiger partial charge on any atom is -0.310 e. The lowest BCUT2D eigenvalue weighted by Crippen LogP contribution is -2.18. The van der Waals surface area contributed by atoms with E-state index in [4.69, 9.17) is 0 Å². The molecule has 0 saturated carbocycles. The summed E-state index contributed by atoms with van der Waals surface area (Å²) >= 11 is 1.39. The van der Waals surface area contributed by atoms with Gasteiger partial charge in [0.2, 0.25) is 5.91 Å². The van der Waals surface area contributed by atoms with Gasteiger partial charge in [-0.3, -0.25) is 4.79 Å². The number of nitrogens with one attached hydrogen (secondary N) is 1. The van der Waals surface area contributed by atoms with E-state index in [0.29, 0.717) is 5.82 Å². The van der Waals surface area contributed by atoms with Crippen LogP contribution in [-0.4, -0.2) is 36.2 Å². The number of rotatable bonds is 7. The van der Waals surface area contributed by atoms with Gasteiger partial charge in [-0.2, -0.15) is 5.10 Å². The standard InChI is InChI=1S/C22H30N6OS/c1-7-27-20(16-8-10-17(11-9-16)22(4,5)6)25-26-21(27)30-14-19(29)24-18-12-13-23-28(18)15(2)3/h8-13,15H,7,14H2,1-6H3,(H,24,29). The van der Waals surface area contributed by atoms with Gasteiger partial charge in [0.05, 0.1) is 11.9 Å². The Labute approximate surface area is 182 Å². The van der Waals surface area contributed by atoms with Crippen LogP contribution in [0.2, 0.25) is 0 Å². The summed E-state index contributed by atoms with van der Waals surface area (Å²) in [5, 5.41) is 16.6. The molecule has 2 aromatic heterocycles. The Bertz CT molecular complexity index is 998. The first kappa shape index (κ1) is 22.1. The van der Waals surface area contributed by atoms with E-state index in [2.05, 4.69) is 72.6 Å². The third kappa shape index (κ3) is 4.92. The van der Waals surface area contributed by atoms with Gasteiger partial charge >= 0.3 is 0 Å². The van der Waals surface area contributed by atoms with E-state index in [1.165, 1.54) is 17.3 Å². The number of nitrogens with zero attached hydrogens (tertiary/aromatic N) is 5. The van der Waals surface area contributed by atoms with Crippen LogP contribution in [0.3, 0.4) is 0 Å². The van der Waals surface area contributed by atoms with Crippen LogP contribution in [0, 0.1) is 0 Å². The van der Waals surface area contributed by atoms with E-state index < -0.39 is 0 Å². The molecule has 30 heavy (non-hydrogen) atoms. The molecular formula is C22H30N6OS. The van der Waals surface area contributed by atoms with Crippen LogP contribution in [0.5, 0.6) is 0 Å². The van der Waals surface area contributed by atoms with Crippen LogP contribution in [0.15, 0.2) is 41.7 Å². The fourth-order valence-electron chi connectivity index (χ4n) is 3.15. The van der Waals surface area contributed by atoms with Crippen molar-refractivity contribution in [2.75, 3.05) is 11.1 Å². The van der Waals surface area contributed by atoms with Gasteiger partial charge in [0, 0.05) is 24.2 Å². The normalized spacial score (nSPS) is 11.8. The summed E-state index contributed by atoms with van der Waals surface area (Å²) < 4.78 is 3.83. The molecule has 7 nitrogen and oxygen atoms in total. The molecule has 1 amide bonds. The highest BCUT2D eigenvalue weighted by molar-refractivity contribution is 7.99. The van der Waals surface area contributed by atoms with Crippen LogP contribution < -0.4 is 5.32 Å². The molecule has 1 N–H and O–H groups in total. The zero-order valence-electron chi connectivity index (χ0n) is 18.5. The summed E-state index contributed by atoms with van der Waals surface area (Å²) in [5.74, 6) is 1.68. The first-order chi connectivity index (χ1) is 14.2. The van der Waals surface area contributed by atoms with E-state index in [9.17, 15) is 4.79 Å². The van der Waals surface area contributed by atoms with Gasteiger partial charge in [-0.15, -0.1) is 10.2 Å². The van der Waals surface area contributed by atoms with Gasteiger partial charge in [0.25, 0.3) is 0 Å². The Hall–Kier alpha value is -2.61. The molecule has 0 aliphatic carbocycles. The molecule has 2 heterocycles. The molecule has 0 bridgehead atoms. The van der Waals surface area contributed by atoms with Gasteiger partial charge in [0.1, 0.15) is 5.82 Å². The van der Waals surface area contributed by atoms with Gasteiger partial charge in [0.15, 0.2) is 11.0 Å². The quantitative estimate of drug-likeness (QED) is 0.551. The first-order valence-corrected chi connectivity index (χ1v) is 11.2. The molecule has 0 saturated heterocycles. The molecule has 0 aliphatic heterocycles. The van der Waals surface area contributed by atoms with Gasteiger partial charge < -0.3 is 9.88 Å². The van der Waals surface area contributed by atoms with Crippen molar-refractivity contribution in [3.05, 3.63) is 42.1 Å². The lowest BCUT2D eigenvalue weighted by molar-refractivity contribution is -0.113.